The standard InChI is InChI=1S/C23H22BrN3O6/c1-31-19-13-15(11-17-22(29)25-27(23(17)30)16-5-3-2-4-6-16)12-18(24)21(19)33-14-20(28)26-7-9-32-10-8-26/h2-6,11-13H,7-10,14H2,1H3,(H,25,29)/b17-11-. The van der Waals surface area contributed by atoms with E-state index in [4.69, 9.17) is 14.2 Å². The van der Waals surface area contributed by atoms with Crippen LogP contribution in [0.5, 0.6) is 11.5 Å². The topological polar surface area (TPSA) is 97.4 Å². The minimum atomic E-state index is -0.504. The van der Waals surface area contributed by atoms with Crippen molar-refractivity contribution in [1.29, 1.82) is 0 Å². The van der Waals surface area contributed by atoms with Crippen molar-refractivity contribution in [3.63, 3.8) is 0 Å². The van der Waals surface area contributed by atoms with Crippen LogP contribution in [0.4, 0.5) is 5.69 Å². The van der Waals surface area contributed by atoms with Gasteiger partial charge in [0.05, 0.1) is 30.5 Å². The molecule has 0 spiro atoms. The SMILES string of the molecule is COc1cc(/C=C2/C(=O)NN(c3ccccc3)C2=O)cc(Br)c1OCC(=O)N1CCOCC1. The van der Waals surface area contributed by atoms with Crippen LogP contribution < -0.4 is 19.9 Å². The number of anilines is 1. The van der Waals surface area contributed by atoms with Crippen LogP contribution in [0, 0.1) is 0 Å². The molecule has 0 unspecified atom stereocenters. The van der Waals surface area contributed by atoms with Crippen LogP contribution in [0.2, 0.25) is 0 Å². The molecule has 2 aliphatic rings. The lowest BCUT2D eigenvalue weighted by molar-refractivity contribution is -0.137. The Balaban J connectivity index is 1.52. The number of carbonyl (C=O) groups is 3. The summed E-state index contributed by atoms with van der Waals surface area (Å²) in [5.41, 5.74) is 3.67. The maximum Gasteiger partial charge on any atom is 0.282 e. The second-order valence-electron chi connectivity index (χ2n) is 7.29. The number of nitrogens with zero attached hydrogens (tertiary/aromatic N) is 2. The molecule has 0 atom stereocenters. The monoisotopic (exact) mass is 515 g/mol. The normalized spacial score (nSPS) is 17.3. The first-order valence-corrected chi connectivity index (χ1v) is 11.1. The molecule has 33 heavy (non-hydrogen) atoms. The van der Waals surface area contributed by atoms with Crippen LogP contribution in [0.15, 0.2) is 52.5 Å². The Labute approximate surface area is 199 Å². The van der Waals surface area contributed by atoms with Gasteiger partial charge in [0.15, 0.2) is 18.1 Å². The minimum Gasteiger partial charge on any atom is -0.493 e. The number of carbonyl (C=O) groups excluding carboxylic acids is 3. The molecule has 2 aliphatic heterocycles. The van der Waals surface area contributed by atoms with Crippen LogP contribution >= 0.6 is 15.9 Å². The highest BCUT2D eigenvalue weighted by Crippen LogP contribution is 2.37. The number of ether oxygens (including phenoxy) is 3. The van der Waals surface area contributed by atoms with Crippen LogP contribution in [0.3, 0.4) is 0 Å². The van der Waals surface area contributed by atoms with Crippen LogP contribution in [-0.2, 0) is 19.1 Å². The van der Waals surface area contributed by atoms with E-state index in [0.717, 1.165) is 0 Å². The van der Waals surface area contributed by atoms with Crippen LogP contribution in [-0.4, -0.2) is 62.6 Å². The first kappa shape index (κ1) is 22.8. The molecular formula is C23H22BrN3O6. The summed E-state index contributed by atoms with van der Waals surface area (Å²) in [5, 5.41) is 1.20. The third kappa shape index (κ3) is 5.01. The van der Waals surface area contributed by atoms with Crippen molar-refractivity contribution >= 4 is 45.4 Å². The molecule has 0 saturated carbocycles. The van der Waals surface area contributed by atoms with E-state index in [9.17, 15) is 14.4 Å². The lowest BCUT2D eigenvalue weighted by Gasteiger charge is -2.27. The smallest absolute Gasteiger partial charge is 0.282 e. The fraction of sp³-hybridized carbons (Fsp3) is 0.261. The van der Waals surface area contributed by atoms with E-state index < -0.39 is 11.8 Å². The molecule has 2 aromatic carbocycles. The number of hydrogen-bond donors (Lipinski definition) is 1. The van der Waals surface area contributed by atoms with Gasteiger partial charge in [-0.15, -0.1) is 0 Å². The molecule has 9 nitrogen and oxygen atoms in total. The molecule has 3 amide bonds. The van der Waals surface area contributed by atoms with Crippen molar-refractivity contribution in [1.82, 2.24) is 10.3 Å². The molecule has 0 aliphatic carbocycles. The van der Waals surface area contributed by atoms with Crippen molar-refractivity contribution in [3.8, 4) is 11.5 Å². The van der Waals surface area contributed by atoms with Gasteiger partial charge in [-0.05, 0) is 51.8 Å². The third-order valence-electron chi connectivity index (χ3n) is 5.17. The summed E-state index contributed by atoms with van der Waals surface area (Å²) in [6.07, 6.45) is 1.48. The van der Waals surface area contributed by atoms with Gasteiger partial charge in [0.2, 0.25) is 0 Å². The Bertz CT molecular complexity index is 1100. The fourth-order valence-electron chi connectivity index (χ4n) is 3.48. The van der Waals surface area contributed by atoms with E-state index in [1.807, 2.05) is 6.07 Å². The average molecular weight is 516 g/mol. The summed E-state index contributed by atoms with van der Waals surface area (Å²) in [5.74, 6) is -0.396. The van der Waals surface area contributed by atoms with Gasteiger partial charge in [-0.3, -0.25) is 19.8 Å². The summed E-state index contributed by atoms with van der Waals surface area (Å²) in [6.45, 7) is 1.93. The van der Waals surface area contributed by atoms with Crippen molar-refractivity contribution < 1.29 is 28.6 Å². The molecule has 2 aromatic rings. The van der Waals surface area contributed by atoms with Crippen molar-refractivity contribution in [2.24, 2.45) is 0 Å². The minimum absolute atomic E-state index is 0.0102. The number of methoxy groups -OCH3 is 1. The number of morpholine rings is 1. The predicted molar refractivity (Wildman–Crippen MR) is 124 cm³/mol. The van der Waals surface area contributed by atoms with Gasteiger partial charge in [-0.25, -0.2) is 5.01 Å². The van der Waals surface area contributed by atoms with E-state index in [1.165, 1.54) is 18.2 Å². The van der Waals surface area contributed by atoms with E-state index in [2.05, 4.69) is 21.4 Å². The fourth-order valence-corrected chi connectivity index (χ4v) is 4.06. The Morgan fingerprint density at radius 2 is 1.91 bits per heavy atom. The highest BCUT2D eigenvalue weighted by molar-refractivity contribution is 9.10. The number of para-hydroxylation sites is 1. The molecule has 2 heterocycles. The van der Waals surface area contributed by atoms with Gasteiger partial charge in [0.1, 0.15) is 5.57 Å². The highest BCUT2D eigenvalue weighted by atomic mass is 79.9. The van der Waals surface area contributed by atoms with Gasteiger partial charge in [0.25, 0.3) is 17.7 Å². The van der Waals surface area contributed by atoms with E-state index >= 15 is 0 Å². The summed E-state index contributed by atoms with van der Waals surface area (Å²) in [4.78, 5) is 39.3. The first-order valence-electron chi connectivity index (χ1n) is 10.3. The maximum absolute atomic E-state index is 12.8. The number of benzene rings is 2. The third-order valence-corrected chi connectivity index (χ3v) is 5.76. The summed E-state index contributed by atoms with van der Waals surface area (Å²) >= 11 is 3.44. The lowest BCUT2D eigenvalue weighted by atomic mass is 10.1. The van der Waals surface area contributed by atoms with Gasteiger partial charge in [-0.2, -0.15) is 0 Å². The number of hydrazine groups is 1. The first-order chi connectivity index (χ1) is 16.0. The molecule has 2 fully saturated rings. The Kier molecular flexibility index (Phi) is 6.95. The highest BCUT2D eigenvalue weighted by Gasteiger charge is 2.34. The zero-order chi connectivity index (χ0) is 23.4. The lowest BCUT2D eigenvalue weighted by Crippen LogP contribution is -2.43. The quantitative estimate of drug-likeness (QED) is 0.467. The van der Waals surface area contributed by atoms with Crippen LogP contribution in [0.1, 0.15) is 5.56 Å². The molecular weight excluding hydrogens is 494 g/mol. The average Bonchev–Trinajstić information content (AvgIpc) is 3.12. The Morgan fingerprint density at radius 1 is 1.18 bits per heavy atom. The van der Waals surface area contributed by atoms with E-state index in [0.29, 0.717) is 53.5 Å². The number of halogens is 1. The van der Waals surface area contributed by atoms with Gasteiger partial charge >= 0.3 is 0 Å². The van der Waals surface area contributed by atoms with Crippen molar-refractivity contribution in [2.45, 2.75) is 0 Å². The molecule has 0 radical (unpaired) electrons. The number of amides is 3. The zero-order valence-electron chi connectivity index (χ0n) is 17.9. The molecule has 10 heteroatoms. The molecule has 1 N–H and O–H groups in total. The van der Waals surface area contributed by atoms with E-state index in [-0.39, 0.29) is 18.1 Å². The number of nitrogens with one attached hydrogen (secondary N) is 1. The summed E-state index contributed by atoms with van der Waals surface area (Å²) in [7, 11) is 1.47. The van der Waals surface area contributed by atoms with E-state index in [1.54, 1.807) is 41.3 Å². The second-order valence-corrected chi connectivity index (χ2v) is 8.15. The molecule has 0 bridgehead atoms. The second kappa shape index (κ2) is 10.1. The zero-order valence-corrected chi connectivity index (χ0v) is 19.5. The van der Waals surface area contributed by atoms with Gasteiger partial charge in [-0.1, -0.05) is 18.2 Å². The molecule has 172 valence electrons. The van der Waals surface area contributed by atoms with Gasteiger partial charge in [0, 0.05) is 13.1 Å². The summed E-state index contributed by atoms with van der Waals surface area (Å²) < 4.78 is 16.9. The van der Waals surface area contributed by atoms with Crippen LogP contribution in [0.25, 0.3) is 6.08 Å². The van der Waals surface area contributed by atoms with Crippen molar-refractivity contribution in [3.05, 3.63) is 58.1 Å². The Morgan fingerprint density at radius 3 is 2.61 bits per heavy atom. The summed E-state index contributed by atoms with van der Waals surface area (Å²) in [6, 6.07) is 12.2. The maximum atomic E-state index is 12.8. The predicted octanol–water partition coefficient (Wildman–Crippen LogP) is 2.16. The molecule has 4 rings (SSSR count). The number of hydrogen-bond acceptors (Lipinski definition) is 6. The molecule has 2 saturated heterocycles. The number of rotatable bonds is 6. The largest absolute Gasteiger partial charge is 0.493 e. The Hall–Kier alpha value is -3.37. The van der Waals surface area contributed by atoms with Gasteiger partial charge < -0.3 is 19.1 Å². The van der Waals surface area contributed by atoms with Crippen molar-refractivity contribution in [2.75, 3.05) is 45.0 Å². The molecule has 0 aromatic heterocycles.